The Hall–Kier alpha value is -1.74. The van der Waals surface area contributed by atoms with Crippen molar-refractivity contribution in [1.29, 1.82) is 0 Å². The fourth-order valence-electron chi connectivity index (χ4n) is 3.33. The first-order valence-electron chi connectivity index (χ1n) is 9.88. The maximum Gasteiger partial charge on any atom is 0.240 e. The van der Waals surface area contributed by atoms with E-state index in [2.05, 4.69) is 9.44 Å². The van der Waals surface area contributed by atoms with E-state index < -0.39 is 20.0 Å². The highest BCUT2D eigenvalue weighted by molar-refractivity contribution is 7.89. The van der Waals surface area contributed by atoms with Gasteiger partial charge in [-0.05, 0) is 79.6 Å². The standard InChI is InChI=1S/C21H28N2O4S2/c1-5-14(3)22-28(24,25)18-7-9-20-16(12-18)11-17-13-19(8-10-21(17)20)29(26,27)23-15(4)6-2/h7-10,12-15,22-23H,5-6,11H2,1-4H3/t14-,15+. The maximum absolute atomic E-state index is 12.6. The fraction of sp³-hybridized carbons (Fsp3) is 0.429. The van der Waals surface area contributed by atoms with E-state index in [1.807, 2.05) is 27.7 Å². The Bertz CT molecular complexity index is 1040. The minimum absolute atomic E-state index is 0.142. The summed E-state index contributed by atoms with van der Waals surface area (Å²) < 4.78 is 55.7. The van der Waals surface area contributed by atoms with Crippen LogP contribution in [0.2, 0.25) is 0 Å². The van der Waals surface area contributed by atoms with Gasteiger partial charge in [-0.2, -0.15) is 0 Å². The molecule has 0 amide bonds. The van der Waals surface area contributed by atoms with Gasteiger partial charge in [0.15, 0.2) is 0 Å². The lowest BCUT2D eigenvalue weighted by molar-refractivity contribution is 0.554. The fourth-order valence-corrected chi connectivity index (χ4v) is 6.08. The van der Waals surface area contributed by atoms with E-state index in [4.69, 9.17) is 0 Å². The molecule has 0 saturated heterocycles. The molecule has 0 bridgehead atoms. The molecule has 2 N–H and O–H groups in total. The Morgan fingerprint density at radius 3 is 1.48 bits per heavy atom. The summed E-state index contributed by atoms with van der Waals surface area (Å²) in [6.45, 7) is 7.51. The Balaban J connectivity index is 1.91. The third-order valence-corrected chi connectivity index (χ3v) is 8.56. The molecule has 158 valence electrons. The number of nitrogens with one attached hydrogen (secondary N) is 2. The van der Waals surface area contributed by atoms with Crippen molar-refractivity contribution in [2.24, 2.45) is 0 Å². The second-order valence-corrected chi connectivity index (χ2v) is 11.1. The van der Waals surface area contributed by atoms with E-state index in [1.165, 1.54) is 0 Å². The van der Waals surface area contributed by atoms with Crippen LogP contribution in [0.4, 0.5) is 0 Å². The van der Waals surface area contributed by atoms with Crippen LogP contribution in [0.1, 0.15) is 51.7 Å². The number of hydrogen-bond acceptors (Lipinski definition) is 4. The van der Waals surface area contributed by atoms with Gasteiger partial charge in [0.1, 0.15) is 0 Å². The van der Waals surface area contributed by atoms with Gasteiger partial charge in [0.25, 0.3) is 0 Å². The van der Waals surface area contributed by atoms with Gasteiger partial charge in [-0.1, -0.05) is 26.0 Å². The Labute approximate surface area is 173 Å². The number of rotatable bonds is 8. The van der Waals surface area contributed by atoms with Crippen molar-refractivity contribution in [2.75, 3.05) is 0 Å². The number of sulfonamides is 2. The molecule has 3 rings (SSSR count). The van der Waals surface area contributed by atoms with Crippen LogP contribution in [0.5, 0.6) is 0 Å². The number of fused-ring (bicyclic) bond motifs is 3. The second-order valence-electron chi connectivity index (χ2n) is 7.68. The van der Waals surface area contributed by atoms with Crippen LogP contribution in [-0.4, -0.2) is 28.9 Å². The van der Waals surface area contributed by atoms with E-state index in [0.717, 1.165) is 22.3 Å². The van der Waals surface area contributed by atoms with E-state index in [-0.39, 0.29) is 21.9 Å². The quantitative estimate of drug-likeness (QED) is 0.566. The number of benzene rings is 2. The molecule has 2 atom stereocenters. The average molecular weight is 437 g/mol. The first-order chi connectivity index (χ1) is 13.6. The highest BCUT2D eigenvalue weighted by atomic mass is 32.2. The molecule has 0 radical (unpaired) electrons. The lowest BCUT2D eigenvalue weighted by Gasteiger charge is -2.13. The Kier molecular flexibility index (Phi) is 6.19. The summed E-state index contributed by atoms with van der Waals surface area (Å²) in [7, 11) is -7.17. The van der Waals surface area contributed by atoms with E-state index >= 15 is 0 Å². The predicted octanol–water partition coefficient (Wildman–Crippen LogP) is 3.41. The monoisotopic (exact) mass is 436 g/mol. The van der Waals surface area contributed by atoms with Gasteiger partial charge in [0.2, 0.25) is 20.0 Å². The topological polar surface area (TPSA) is 92.3 Å². The van der Waals surface area contributed by atoms with Crippen molar-refractivity contribution < 1.29 is 16.8 Å². The lowest BCUT2D eigenvalue weighted by atomic mass is 10.1. The average Bonchev–Trinajstić information content (AvgIpc) is 3.04. The Morgan fingerprint density at radius 1 is 0.759 bits per heavy atom. The smallest absolute Gasteiger partial charge is 0.208 e. The molecule has 0 unspecified atom stereocenters. The molecule has 0 aromatic heterocycles. The van der Waals surface area contributed by atoms with E-state index in [9.17, 15) is 16.8 Å². The van der Waals surface area contributed by atoms with Crippen LogP contribution >= 0.6 is 0 Å². The minimum atomic E-state index is -3.58. The first-order valence-corrected chi connectivity index (χ1v) is 12.8. The molecule has 0 fully saturated rings. The van der Waals surface area contributed by atoms with Gasteiger partial charge >= 0.3 is 0 Å². The summed E-state index contributed by atoms with van der Waals surface area (Å²) >= 11 is 0. The summed E-state index contributed by atoms with van der Waals surface area (Å²) in [5, 5.41) is 0. The van der Waals surface area contributed by atoms with E-state index in [1.54, 1.807) is 36.4 Å². The zero-order chi connectivity index (χ0) is 21.4. The molecule has 6 nitrogen and oxygen atoms in total. The van der Waals surface area contributed by atoms with Crippen molar-refractivity contribution in [3.05, 3.63) is 47.5 Å². The summed E-state index contributed by atoms with van der Waals surface area (Å²) in [6.07, 6.45) is 1.92. The zero-order valence-electron chi connectivity index (χ0n) is 17.2. The zero-order valence-corrected chi connectivity index (χ0v) is 18.8. The van der Waals surface area contributed by atoms with Crippen molar-refractivity contribution in [3.8, 4) is 11.1 Å². The molecule has 0 spiro atoms. The molecule has 1 aliphatic carbocycles. The van der Waals surface area contributed by atoms with Gasteiger partial charge in [-0.25, -0.2) is 26.3 Å². The molecular weight excluding hydrogens is 408 g/mol. The molecule has 2 aromatic carbocycles. The van der Waals surface area contributed by atoms with Crippen molar-refractivity contribution in [3.63, 3.8) is 0 Å². The Morgan fingerprint density at radius 2 is 1.14 bits per heavy atom. The van der Waals surface area contributed by atoms with Crippen LogP contribution in [0.25, 0.3) is 11.1 Å². The molecular formula is C21H28N2O4S2. The number of hydrogen-bond donors (Lipinski definition) is 2. The highest BCUT2D eigenvalue weighted by Crippen LogP contribution is 2.38. The molecule has 0 aliphatic heterocycles. The van der Waals surface area contributed by atoms with Crippen molar-refractivity contribution >= 4 is 20.0 Å². The van der Waals surface area contributed by atoms with Crippen molar-refractivity contribution in [2.45, 2.75) is 68.8 Å². The lowest BCUT2D eigenvalue weighted by Crippen LogP contribution is -2.32. The highest BCUT2D eigenvalue weighted by Gasteiger charge is 2.25. The SMILES string of the molecule is CC[C@@H](C)NS(=O)(=O)c1ccc2c(c1)Cc1cc(S(=O)(=O)N[C@@H](C)CC)ccc1-2. The normalized spacial score (nSPS) is 15.6. The molecule has 1 aliphatic rings. The molecule has 8 heteroatoms. The first kappa shape index (κ1) is 22.0. The summed E-state index contributed by atoms with van der Waals surface area (Å²) in [6, 6.07) is 9.90. The van der Waals surface area contributed by atoms with Crippen LogP contribution in [0.15, 0.2) is 46.2 Å². The second kappa shape index (κ2) is 8.18. The van der Waals surface area contributed by atoms with Gasteiger partial charge in [-0.3, -0.25) is 0 Å². The third kappa shape index (κ3) is 4.55. The largest absolute Gasteiger partial charge is 0.240 e. The molecule has 29 heavy (non-hydrogen) atoms. The van der Waals surface area contributed by atoms with Crippen LogP contribution in [-0.2, 0) is 26.5 Å². The molecule has 0 heterocycles. The van der Waals surface area contributed by atoms with Gasteiger partial charge in [0, 0.05) is 12.1 Å². The van der Waals surface area contributed by atoms with Gasteiger partial charge in [-0.15, -0.1) is 0 Å². The maximum atomic E-state index is 12.6. The summed E-state index contributed by atoms with van der Waals surface area (Å²) in [5.41, 5.74) is 3.66. The minimum Gasteiger partial charge on any atom is -0.208 e. The van der Waals surface area contributed by atoms with Gasteiger partial charge in [0.05, 0.1) is 9.79 Å². The van der Waals surface area contributed by atoms with E-state index in [0.29, 0.717) is 19.3 Å². The summed E-state index contributed by atoms with van der Waals surface area (Å²) in [4.78, 5) is 0.464. The van der Waals surface area contributed by atoms with Crippen LogP contribution in [0, 0.1) is 0 Å². The van der Waals surface area contributed by atoms with Crippen LogP contribution < -0.4 is 9.44 Å². The summed E-state index contributed by atoms with van der Waals surface area (Å²) in [5.74, 6) is 0. The molecule has 2 aromatic rings. The molecule has 0 saturated carbocycles. The van der Waals surface area contributed by atoms with Crippen LogP contribution in [0.3, 0.4) is 0 Å². The van der Waals surface area contributed by atoms with Crippen molar-refractivity contribution in [1.82, 2.24) is 9.44 Å². The predicted molar refractivity (Wildman–Crippen MR) is 115 cm³/mol. The van der Waals surface area contributed by atoms with Gasteiger partial charge < -0.3 is 0 Å². The third-order valence-electron chi connectivity index (χ3n) is 5.38.